The van der Waals surface area contributed by atoms with Crippen LogP contribution < -0.4 is 10.1 Å². The molecule has 5 heteroatoms. The van der Waals surface area contributed by atoms with Gasteiger partial charge >= 0.3 is 0 Å². The van der Waals surface area contributed by atoms with E-state index in [1.165, 1.54) is 0 Å². The molecule has 0 radical (unpaired) electrons. The van der Waals surface area contributed by atoms with Gasteiger partial charge in [-0.1, -0.05) is 17.2 Å². The van der Waals surface area contributed by atoms with Gasteiger partial charge in [-0.05, 0) is 44.5 Å². The molecule has 1 aromatic heterocycles. The molecule has 0 bridgehead atoms. The lowest BCUT2D eigenvalue weighted by Gasteiger charge is -2.11. The number of ether oxygens (including phenoxy) is 1. The van der Waals surface area contributed by atoms with Crippen LogP contribution in [0.25, 0.3) is 0 Å². The van der Waals surface area contributed by atoms with Gasteiger partial charge in [0, 0.05) is 18.2 Å². The Bertz CT molecular complexity index is 715. The van der Waals surface area contributed by atoms with Crippen LogP contribution in [0.4, 0.5) is 5.82 Å². The number of unbranched alkanes of at least 4 members (excludes halogenated alkanes) is 1. The van der Waals surface area contributed by atoms with E-state index in [4.69, 9.17) is 10.00 Å². The molecule has 1 amide bonds. The lowest BCUT2D eigenvalue weighted by molar-refractivity contribution is 0.102. The van der Waals surface area contributed by atoms with Gasteiger partial charge in [0.2, 0.25) is 0 Å². The van der Waals surface area contributed by atoms with Gasteiger partial charge in [-0.3, -0.25) is 4.79 Å². The molecule has 0 aliphatic heterocycles. The summed E-state index contributed by atoms with van der Waals surface area (Å²) < 4.78 is 5.60. The Morgan fingerprint density at radius 1 is 1.30 bits per heavy atom. The highest BCUT2D eigenvalue weighted by atomic mass is 16.5. The van der Waals surface area contributed by atoms with Crippen LogP contribution in [0.3, 0.4) is 0 Å². The van der Waals surface area contributed by atoms with Crippen molar-refractivity contribution in [2.24, 2.45) is 0 Å². The quantitative estimate of drug-likeness (QED) is 0.827. The van der Waals surface area contributed by atoms with E-state index in [2.05, 4.69) is 16.4 Å². The molecule has 0 aliphatic rings. The van der Waals surface area contributed by atoms with Crippen molar-refractivity contribution in [1.29, 1.82) is 5.26 Å². The molecule has 1 N–H and O–H groups in total. The lowest BCUT2D eigenvalue weighted by atomic mass is 10.1. The van der Waals surface area contributed by atoms with Crippen LogP contribution in [-0.4, -0.2) is 17.5 Å². The molecule has 5 nitrogen and oxygen atoms in total. The van der Waals surface area contributed by atoms with Crippen molar-refractivity contribution in [1.82, 2.24) is 4.98 Å². The number of nitrogens with one attached hydrogen (secondary N) is 1. The Hall–Kier alpha value is -2.87. The molecule has 2 rings (SSSR count). The summed E-state index contributed by atoms with van der Waals surface area (Å²) in [5.74, 6) is 0.661. The smallest absolute Gasteiger partial charge is 0.256 e. The number of carbonyl (C=O) groups excluding carboxylic acids is 1. The first kappa shape index (κ1) is 16.5. The summed E-state index contributed by atoms with van der Waals surface area (Å²) in [4.78, 5) is 16.6. The molecule has 0 aliphatic carbocycles. The van der Waals surface area contributed by atoms with Gasteiger partial charge in [-0.2, -0.15) is 5.26 Å². The highest BCUT2D eigenvalue weighted by Crippen LogP contribution is 2.22. The molecule has 0 fully saturated rings. The van der Waals surface area contributed by atoms with E-state index in [1.54, 1.807) is 18.3 Å². The second-order valence-electron chi connectivity index (χ2n) is 5.29. The van der Waals surface area contributed by atoms with Crippen LogP contribution in [0.1, 0.15) is 34.3 Å². The molecule has 1 heterocycles. The van der Waals surface area contributed by atoms with Crippen LogP contribution in [0.5, 0.6) is 5.75 Å². The second kappa shape index (κ2) is 7.95. The highest BCUT2D eigenvalue weighted by Gasteiger charge is 2.11. The topological polar surface area (TPSA) is 75.0 Å². The maximum atomic E-state index is 12.4. The summed E-state index contributed by atoms with van der Waals surface area (Å²) in [6, 6.07) is 11.2. The molecule has 0 unspecified atom stereocenters. The van der Waals surface area contributed by atoms with Crippen molar-refractivity contribution in [3.63, 3.8) is 0 Å². The number of benzene rings is 1. The number of hydrogen-bond donors (Lipinski definition) is 1. The van der Waals surface area contributed by atoms with Crippen molar-refractivity contribution in [2.75, 3.05) is 11.9 Å². The summed E-state index contributed by atoms with van der Waals surface area (Å²) >= 11 is 0. The first-order chi connectivity index (χ1) is 11.1. The third kappa shape index (κ3) is 4.82. The number of carbonyl (C=O) groups is 1. The molecule has 0 atom stereocenters. The summed E-state index contributed by atoms with van der Waals surface area (Å²) in [6.45, 7) is 4.31. The number of nitrogens with zero attached hydrogens (tertiary/aromatic N) is 2. The Morgan fingerprint density at radius 3 is 2.74 bits per heavy atom. The van der Waals surface area contributed by atoms with Gasteiger partial charge in [0.1, 0.15) is 0 Å². The first-order valence-electron chi connectivity index (χ1n) is 7.44. The summed E-state index contributed by atoms with van der Waals surface area (Å²) in [5.41, 5.74) is 2.65. The Kier molecular flexibility index (Phi) is 5.70. The third-order valence-corrected chi connectivity index (χ3v) is 3.18. The van der Waals surface area contributed by atoms with Crippen LogP contribution in [0, 0.1) is 25.2 Å². The van der Waals surface area contributed by atoms with E-state index in [0.717, 1.165) is 11.1 Å². The summed E-state index contributed by atoms with van der Waals surface area (Å²) in [6.07, 6.45) is 2.67. The fourth-order valence-corrected chi connectivity index (χ4v) is 2.22. The molecule has 0 saturated carbocycles. The van der Waals surface area contributed by atoms with Gasteiger partial charge in [-0.25, -0.2) is 4.98 Å². The number of anilines is 1. The molecular formula is C18H19N3O2. The summed E-state index contributed by atoms with van der Waals surface area (Å²) in [7, 11) is 0. The van der Waals surface area contributed by atoms with Gasteiger partial charge in [0.15, 0.2) is 11.6 Å². The lowest BCUT2D eigenvalue weighted by Crippen LogP contribution is -2.14. The fraction of sp³-hybridized carbons (Fsp3) is 0.278. The monoisotopic (exact) mass is 309 g/mol. The maximum Gasteiger partial charge on any atom is 0.256 e. The van der Waals surface area contributed by atoms with Crippen molar-refractivity contribution >= 4 is 11.7 Å². The molecule has 2 aromatic rings. The zero-order valence-electron chi connectivity index (χ0n) is 13.3. The van der Waals surface area contributed by atoms with E-state index in [9.17, 15) is 4.79 Å². The van der Waals surface area contributed by atoms with E-state index in [-0.39, 0.29) is 5.91 Å². The van der Waals surface area contributed by atoms with Gasteiger partial charge in [-0.15, -0.1) is 0 Å². The summed E-state index contributed by atoms with van der Waals surface area (Å²) in [5, 5.41) is 11.3. The fourth-order valence-electron chi connectivity index (χ4n) is 2.22. The third-order valence-electron chi connectivity index (χ3n) is 3.18. The minimum atomic E-state index is -0.225. The van der Waals surface area contributed by atoms with Gasteiger partial charge < -0.3 is 10.1 Å². The van der Waals surface area contributed by atoms with Gasteiger partial charge in [0.05, 0.1) is 12.7 Å². The average Bonchev–Trinajstić information content (AvgIpc) is 2.52. The Morgan fingerprint density at radius 2 is 2.04 bits per heavy atom. The van der Waals surface area contributed by atoms with Crippen molar-refractivity contribution in [3.8, 4) is 11.8 Å². The van der Waals surface area contributed by atoms with E-state index in [0.29, 0.717) is 36.6 Å². The number of aromatic nitrogens is 1. The largest absolute Gasteiger partial charge is 0.490 e. The van der Waals surface area contributed by atoms with Crippen molar-refractivity contribution in [3.05, 3.63) is 53.2 Å². The molecule has 118 valence electrons. The van der Waals surface area contributed by atoms with Crippen molar-refractivity contribution in [2.45, 2.75) is 26.7 Å². The number of nitriles is 1. The molecule has 0 saturated heterocycles. The standard InChI is InChI=1S/C18H19N3O2/c1-13-10-14(2)12-15(11-13)18(22)21-17-16(6-5-8-20-17)23-9-4-3-7-19/h5-6,8,10-12H,3-4,9H2,1-2H3,(H,20,21,22). The number of amides is 1. The number of aryl methyl sites for hydroxylation is 2. The molecular weight excluding hydrogens is 290 g/mol. The van der Waals surface area contributed by atoms with E-state index >= 15 is 0 Å². The minimum Gasteiger partial charge on any atom is -0.490 e. The normalized spacial score (nSPS) is 9.96. The van der Waals surface area contributed by atoms with Crippen molar-refractivity contribution < 1.29 is 9.53 Å². The molecule has 23 heavy (non-hydrogen) atoms. The SMILES string of the molecule is Cc1cc(C)cc(C(=O)Nc2ncccc2OCCCC#N)c1. The second-order valence-corrected chi connectivity index (χ2v) is 5.29. The number of rotatable bonds is 6. The average molecular weight is 309 g/mol. The zero-order valence-corrected chi connectivity index (χ0v) is 13.3. The predicted molar refractivity (Wildman–Crippen MR) is 88.4 cm³/mol. The maximum absolute atomic E-state index is 12.4. The van der Waals surface area contributed by atoms with Crippen LogP contribution in [0.15, 0.2) is 36.5 Å². The van der Waals surface area contributed by atoms with Crippen LogP contribution in [0.2, 0.25) is 0 Å². The molecule has 0 spiro atoms. The van der Waals surface area contributed by atoms with Gasteiger partial charge in [0.25, 0.3) is 5.91 Å². The van der Waals surface area contributed by atoms with Crippen LogP contribution >= 0.6 is 0 Å². The first-order valence-corrected chi connectivity index (χ1v) is 7.44. The van der Waals surface area contributed by atoms with E-state index in [1.807, 2.05) is 32.0 Å². The molecule has 1 aromatic carbocycles. The van der Waals surface area contributed by atoms with E-state index < -0.39 is 0 Å². The van der Waals surface area contributed by atoms with Crippen LogP contribution in [-0.2, 0) is 0 Å². The minimum absolute atomic E-state index is 0.225. The number of hydrogen-bond acceptors (Lipinski definition) is 4. The Labute approximate surface area is 135 Å². The zero-order chi connectivity index (χ0) is 16.7. The predicted octanol–water partition coefficient (Wildman–Crippen LogP) is 3.63. The number of pyridine rings is 1. The Balaban J connectivity index is 2.10. The highest BCUT2D eigenvalue weighted by molar-refractivity contribution is 6.04.